The Balaban J connectivity index is 1.97. The van der Waals surface area contributed by atoms with E-state index in [-0.39, 0.29) is 5.54 Å². The lowest BCUT2D eigenvalue weighted by molar-refractivity contribution is 0.382. The summed E-state index contributed by atoms with van der Waals surface area (Å²) in [6.45, 7) is 0. The number of benzene rings is 1. The fraction of sp³-hybridized carbons (Fsp3) is 0.133. The van der Waals surface area contributed by atoms with Crippen LogP contribution in [0.5, 0.6) is 0 Å². The molecule has 18 heavy (non-hydrogen) atoms. The van der Waals surface area contributed by atoms with Crippen molar-refractivity contribution in [2.45, 2.75) is 12.0 Å². The number of fused-ring (bicyclic) bond motifs is 1. The van der Waals surface area contributed by atoms with Crippen molar-refractivity contribution >= 4 is 23.9 Å². The first-order valence-corrected chi connectivity index (χ1v) is 6.38. The molecule has 1 aromatic rings. The quantitative estimate of drug-likeness (QED) is 0.705. The zero-order valence-corrected chi connectivity index (χ0v) is 10.5. The van der Waals surface area contributed by atoms with Crippen LogP contribution < -0.4 is 0 Å². The number of hydrogen-bond donors (Lipinski definition) is 1. The molecule has 1 atom stereocenters. The lowest BCUT2D eigenvalue weighted by Crippen LogP contribution is -2.35. The van der Waals surface area contributed by atoms with Crippen molar-refractivity contribution in [2.75, 3.05) is 0 Å². The summed E-state index contributed by atoms with van der Waals surface area (Å²) in [6.07, 6.45) is 9.14. The van der Waals surface area contributed by atoms with E-state index < -0.39 is 0 Å². The van der Waals surface area contributed by atoms with Gasteiger partial charge >= 0.3 is 0 Å². The van der Waals surface area contributed by atoms with Gasteiger partial charge in [-0.1, -0.05) is 49.0 Å². The van der Waals surface area contributed by atoms with Crippen molar-refractivity contribution in [3.63, 3.8) is 0 Å². The maximum atomic E-state index is 5.62. The second-order valence-electron chi connectivity index (χ2n) is 4.72. The summed E-state index contributed by atoms with van der Waals surface area (Å²) in [5.74, 6) is 0.885. The van der Waals surface area contributed by atoms with Crippen LogP contribution in [0, 0.1) is 0 Å². The van der Waals surface area contributed by atoms with Crippen LogP contribution in [-0.2, 0) is 11.2 Å². The third-order valence-electron chi connectivity index (χ3n) is 3.71. The Morgan fingerprint density at radius 1 is 1.28 bits per heavy atom. The molecule has 0 aromatic heterocycles. The second-order valence-corrected chi connectivity index (χ2v) is 5.10. The summed E-state index contributed by atoms with van der Waals surface area (Å²) in [5, 5.41) is 0.454. The van der Waals surface area contributed by atoms with Crippen molar-refractivity contribution in [3.05, 3.63) is 65.0 Å². The Morgan fingerprint density at radius 3 is 3.11 bits per heavy atom. The van der Waals surface area contributed by atoms with Gasteiger partial charge in [0, 0.05) is 6.42 Å². The highest BCUT2D eigenvalue weighted by Gasteiger charge is 2.46. The maximum absolute atomic E-state index is 5.62. The molecule has 0 fully saturated rings. The third kappa shape index (κ3) is 1.22. The van der Waals surface area contributed by atoms with E-state index in [4.69, 9.17) is 4.74 Å². The largest absolute Gasteiger partial charge is 0.436 e. The molecule has 88 valence electrons. The number of allylic oxidation sites excluding steroid dienone is 2. The number of hydrogen-bond acceptors (Lipinski definition) is 2. The van der Waals surface area contributed by atoms with E-state index in [0.717, 1.165) is 12.2 Å². The first-order valence-electron chi connectivity index (χ1n) is 5.93. The maximum Gasteiger partial charge on any atom is 0.249 e. The van der Waals surface area contributed by atoms with Gasteiger partial charge in [-0.3, -0.25) is 0 Å². The lowest BCUT2D eigenvalue weighted by atomic mass is 9.74. The predicted octanol–water partition coefficient (Wildman–Crippen LogP) is 3.13. The van der Waals surface area contributed by atoms with E-state index in [2.05, 4.69) is 54.0 Å². The molecule has 1 aliphatic heterocycles. The van der Waals surface area contributed by atoms with Gasteiger partial charge in [0.2, 0.25) is 5.23 Å². The molecule has 0 saturated carbocycles. The van der Waals surface area contributed by atoms with Crippen LogP contribution in [0.4, 0.5) is 0 Å². The van der Waals surface area contributed by atoms with Gasteiger partial charge < -0.3 is 4.74 Å². The average Bonchev–Trinajstić information content (AvgIpc) is 2.69. The van der Waals surface area contributed by atoms with Crippen LogP contribution in [0.3, 0.4) is 0 Å². The molecule has 0 N–H and O–H groups in total. The van der Waals surface area contributed by atoms with Gasteiger partial charge in [0.1, 0.15) is 5.76 Å². The molecule has 1 unspecified atom stereocenters. The molecule has 0 amide bonds. The van der Waals surface area contributed by atoms with Crippen LogP contribution >= 0.6 is 12.6 Å². The van der Waals surface area contributed by atoms with Crippen LogP contribution in [-0.4, -0.2) is 10.8 Å². The zero-order chi connectivity index (χ0) is 12.2. The SMILES string of the molecule is SC1=NC23Cc4ccccc4C=C2C=CC=C3O1. The second kappa shape index (κ2) is 3.39. The van der Waals surface area contributed by atoms with E-state index in [1.807, 2.05) is 12.2 Å². The van der Waals surface area contributed by atoms with Gasteiger partial charge in [-0.05, 0) is 28.9 Å². The average molecular weight is 253 g/mol. The molecular weight excluding hydrogens is 242 g/mol. The van der Waals surface area contributed by atoms with Gasteiger partial charge in [-0.25, -0.2) is 4.99 Å². The molecule has 0 saturated heterocycles. The van der Waals surface area contributed by atoms with Gasteiger partial charge in [-0.15, -0.1) is 0 Å². The lowest BCUT2D eigenvalue weighted by Gasteiger charge is -2.33. The highest BCUT2D eigenvalue weighted by atomic mass is 32.1. The molecular formula is C15H11NOS. The van der Waals surface area contributed by atoms with E-state index in [0.29, 0.717) is 5.23 Å². The van der Waals surface area contributed by atoms with Gasteiger partial charge in [0.05, 0.1) is 0 Å². The zero-order valence-electron chi connectivity index (χ0n) is 9.63. The Bertz CT molecular complexity index is 669. The van der Waals surface area contributed by atoms with E-state index >= 15 is 0 Å². The summed E-state index contributed by atoms with van der Waals surface area (Å²) >= 11 is 4.26. The van der Waals surface area contributed by atoms with Gasteiger partial charge in [0.15, 0.2) is 5.54 Å². The highest BCUT2D eigenvalue weighted by molar-refractivity contribution is 7.96. The Labute approximate surface area is 111 Å². The molecule has 2 nitrogen and oxygen atoms in total. The van der Waals surface area contributed by atoms with E-state index in [9.17, 15) is 0 Å². The number of ether oxygens (including phenoxy) is 1. The fourth-order valence-corrected chi connectivity index (χ4v) is 3.12. The normalized spacial score (nSPS) is 27.3. The Morgan fingerprint density at radius 2 is 2.17 bits per heavy atom. The standard InChI is InChI=1S/C15H11NOS/c18-14-16-15-9-11-5-2-1-4-10(11)8-12(15)6-3-7-13(15)17-14/h1-8H,9H2,(H,16,18). The summed E-state index contributed by atoms with van der Waals surface area (Å²) in [7, 11) is 0. The first kappa shape index (κ1) is 10.2. The third-order valence-corrected chi connectivity index (χ3v) is 3.90. The molecule has 1 heterocycles. The molecule has 1 spiro atoms. The molecule has 1 aromatic carbocycles. The Hall–Kier alpha value is -1.74. The van der Waals surface area contributed by atoms with Crippen molar-refractivity contribution in [1.29, 1.82) is 0 Å². The minimum absolute atomic E-state index is 0.375. The van der Waals surface area contributed by atoms with E-state index in [1.165, 1.54) is 16.7 Å². The first-order chi connectivity index (χ1) is 8.78. The van der Waals surface area contributed by atoms with Gasteiger partial charge in [-0.2, -0.15) is 0 Å². The highest BCUT2D eigenvalue weighted by Crippen LogP contribution is 2.46. The molecule has 0 radical (unpaired) electrons. The number of aliphatic imine (C=N–C) groups is 1. The number of thiol groups is 1. The summed E-state index contributed by atoms with van der Waals surface area (Å²) in [6, 6.07) is 8.43. The molecule has 3 heteroatoms. The number of nitrogens with zero attached hydrogens (tertiary/aromatic N) is 1. The molecule has 4 rings (SSSR count). The van der Waals surface area contributed by atoms with Crippen LogP contribution in [0.15, 0.2) is 58.8 Å². The molecule has 2 aliphatic carbocycles. The van der Waals surface area contributed by atoms with Crippen molar-refractivity contribution in [3.8, 4) is 0 Å². The van der Waals surface area contributed by atoms with Crippen molar-refractivity contribution in [2.24, 2.45) is 4.99 Å². The minimum atomic E-state index is -0.375. The summed E-state index contributed by atoms with van der Waals surface area (Å²) < 4.78 is 5.62. The van der Waals surface area contributed by atoms with E-state index in [1.54, 1.807) is 0 Å². The van der Waals surface area contributed by atoms with Crippen molar-refractivity contribution in [1.82, 2.24) is 0 Å². The number of rotatable bonds is 0. The fourth-order valence-electron chi connectivity index (χ4n) is 2.86. The topological polar surface area (TPSA) is 21.6 Å². The van der Waals surface area contributed by atoms with Crippen molar-refractivity contribution < 1.29 is 4.74 Å². The smallest absolute Gasteiger partial charge is 0.249 e. The summed E-state index contributed by atoms with van der Waals surface area (Å²) in [4.78, 5) is 4.63. The monoisotopic (exact) mass is 253 g/mol. The Kier molecular flexibility index (Phi) is 1.92. The minimum Gasteiger partial charge on any atom is -0.436 e. The van der Waals surface area contributed by atoms with Crippen LogP contribution in [0.2, 0.25) is 0 Å². The van der Waals surface area contributed by atoms with Crippen LogP contribution in [0.1, 0.15) is 11.1 Å². The van der Waals surface area contributed by atoms with Gasteiger partial charge in [0.25, 0.3) is 0 Å². The molecule has 0 bridgehead atoms. The summed E-state index contributed by atoms with van der Waals surface area (Å²) in [5.41, 5.74) is 3.38. The van der Waals surface area contributed by atoms with Crippen LogP contribution in [0.25, 0.3) is 6.08 Å². The molecule has 3 aliphatic rings. The predicted molar refractivity (Wildman–Crippen MR) is 75.6 cm³/mol.